The first-order valence-corrected chi connectivity index (χ1v) is 9.55. The van der Waals surface area contributed by atoms with Crippen LogP contribution in [0.25, 0.3) is 0 Å². The first-order chi connectivity index (χ1) is 6.75. The Labute approximate surface area is 96.4 Å². The summed E-state index contributed by atoms with van der Waals surface area (Å²) in [6.45, 7) is 18.1. The molecule has 0 saturated carbocycles. The van der Waals surface area contributed by atoms with Crippen LogP contribution in [-0.2, 0) is 9.47 Å². The van der Waals surface area contributed by atoms with Crippen molar-refractivity contribution in [2.24, 2.45) is 0 Å². The Hall–Kier alpha value is 0.137. The fourth-order valence-electron chi connectivity index (χ4n) is 2.20. The van der Waals surface area contributed by atoms with E-state index in [1.165, 1.54) is 0 Å². The highest BCUT2D eigenvalue weighted by Crippen LogP contribution is 2.35. The molecule has 1 unspecified atom stereocenters. The smallest absolute Gasteiger partial charge is 0.0652 e. The Kier molecular flexibility index (Phi) is 6.07. The maximum Gasteiger partial charge on any atom is 0.0652 e. The minimum absolute atomic E-state index is 0.0611. The predicted octanol–water partition coefficient (Wildman–Crippen LogP) is 3.55. The van der Waals surface area contributed by atoms with Gasteiger partial charge < -0.3 is 9.47 Å². The average molecular weight is 232 g/mol. The monoisotopic (exact) mass is 232 g/mol. The van der Waals surface area contributed by atoms with E-state index in [1.54, 1.807) is 0 Å². The summed E-state index contributed by atoms with van der Waals surface area (Å²) in [5, 5.41) is 0. The van der Waals surface area contributed by atoms with Crippen LogP contribution in [0.2, 0.25) is 25.2 Å². The molecular weight excluding hydrogens is 204 g/mol. The lowest BCUT2D eigenvalue weighted by Crippen LogP contribution is -2.46. The molecular formula is C12H28O2Si. The molecule has 0 saturated heterocycles. The highest BCUT2D eigenvalue weighted by molar-refractivity contribution is 6.77. The van der Waals surface area contributed by atoms with Gasteiger partial charge in [0, 0.05) is 25.4 Å². The topological polar surface area (TPSA) is 18.5 Å². The van der Waals surface area contributed by atoms with Gasteiger partial charge in [-0.15, -0.1) is 0 Å². The van der Waals surface area contributed by atoms with Gasteiger partial charge in [-0.05, 0) is 27.7 Å². The van der Waals surface area contributed by atoms with Crippen molar-refractivity contribution in [3.8, 4) is 0 Å². The Morgan fingerprint density at radius 3 is 1.93 bits per heavy atom. The van der Waals surface area contributed by atoms with Crippen LogP contribution >= 0.6 is 0 Å². The van der Waals surface area contributed by atoms with Crippen LogP contribution in [-0.4, -0.2) is 33.5 Å². The maximum absolute atomic E-state index is 5.87. The van der Waals surface area contributed by atoms with Crippen LogP contribution in [0.5, 0.6) is 0 Å². The molecule has 0 fully saturated rings. The second kappa shape index (κ2) is 6.02. The van der Waals surface area contributed by atoms with Gasteiger partial charge in [0.1, 0.15) is 0 Å². The first-order valence-electron chi connectivity index (χ1n) is 5.97. The lowest BCUT2D eigenvalue weighted by atomic mass is 10.1. The van der Waals surface area contributed by atoms with E-state index in [4.69, 9.17) is 9.47 Å². The van der Waals surface area contributed by atoms with Gasteiger partial charge >= 0.3 is 0 Å². The number of rotatable bonds is 7. The van der Waals surface area contributed by atoms with Crippen LogP contribution in [0.4, 0.5) is 0 Å². The minimum atomic E-state index is -1.25. The molecule has 0 heterocycles. The standard InChI is InChI=1S/C12H28O2Si/c1-8-13-10-11(15(5,6)7)12(3,4)14-9-2/h11H,8-10H2,1-7H3. The molecule has 0 amide bonds. The van der Waals surface area contributed by atoms with Gasteiger partial charge in [-0.2, -0.15) is 0 Å². The maximum atomic E-state index is 5.87. The highest BCUT2D eigenvalue weighted by Gasteiger charge is 2.39. The second-order valence-corrected chi connectivity index (χ2v) is 11.0. The van der Waals surface area contributed by atoms with Crippen molar-refractivity contribution in [2.45, 2.75) is 58.5 Å². The van der Waals surface area contributed by atoms with E-state index < -0.39 is 8.07 Å². The van der Waals surface area contributed by atoms with Crippen LogP contribution in [0.3, 0.4) is 0 Å². The van der Waals surface area contributed by atoms with E-state index in [1.807, 2.05) is 0 Å². The van der Waals surface area contributed by atoms with E-state index in [2.05, 4.69) is 47.3 Å². The summed E-state index contributed by atoms with van der Waals surface area (Å²) in [6, 6.07) is 0. The summed E-state index contributed by atoms with van der Waals surface area (Å²) in [5.41, 5.74) is 0.485. The largest absolute Gasteiger partial charge is 0.382 e. The molecule has 0 aromatic rings. The van der Waals surface area contributed by atoms with Crippen LogP contribution in [0.15, 0.2) is 0 Å². The quantitative estimate of drug-likeness (QED) is 0.625. The molecule has 0 aliphatic heterocycles. The van der Waals surface area contributed by atoms with Crippen molar-refractivity contribution in [3.63, 3.8) is 0 Å². The molecule has 0 N–H and O–H groups in total. The molecule has 0 aliphatic rings. The summed E-state index contributed by atoms with van der Waals surface area (Å²) in [6.07, 6.45) is 0. The normalized spacial score (nSPS) is 15.4. The Morgan fingerprint density at radius 2 is 1.60 bits per heavy atom. The zero-order chi connectivity index (χ0) is 12.1. The summed E-state index contributed by atoms with van der Waals surface area (Å²) >= 11 is 0. The fraction of sp³-hybridized carbons (Fsp3) is 1.00. The Balaban J connectivity index is 4.61. The molecule has 2 nitrogen and oxygen atoms in total. The average Bonchev–Trinajstić information content (AvgIpc) is 2.01. The zero-order valence-electron chi connectivity index (χ0n) is 11.5. The molecule has 0 aromatic heterocycles. The second-order valence-electron chi connectivity index (χ2n) is 5.61. The summed E-state index contributed by atoms with van der Waals surface area (Å²) in [7, 11) is -1.25. The molecule has 0 spiro atoms. The third-order valence-corrected chi connectivity index (χ3v) is 5.84. The first kappa shape index (κ1) is 15.1. The Bertz CT molecular complexity index is 173. The Morgan fingerprint density at radius 1 is 1.07 bits per heavy atom. The van der Waals surface area contributed by atoms with Crippen molar-refractivity contribution < 1.29 is 9.47 Å². The van der Waals surface area contributed by atoms with Crippen LogP contribution in [0.1, 0.15) is 27.7 Å². The molecule has 0 aliphatic carbocycles. The van der Waals surface area contributed by atoms with Gasteiger partial charge in [0.05, 0.1) is 13.7 Å². The number of hydrogen-bond acceptors (Lipinski definition) is 2. The van der Waals surface area contributed by atoms with Gasteiger partial charge in [0.15, 0.2) is 0 Å². The molecule has 0 radical (unpaired) electrons. The summed E-state index contributed by atoms with van der Waals surface area (Å²) in [4.78, 5) is 0. The minimum Gasteiger partial charge on any atom is -0.382 e. The molecule has 0 rings (SSSR count). The van der Waals surface area contributed by atoms with Gasteiger partial charge in [-0.25, -0.2) is 0 Å². The van der Waals surface area contributed by atoms with Gasteiger partial charge in [0.2, 0.25) is 0 Å². The summed E-state index contributed by atoms with van der Waals surface area (Å²) in [5.74, 6) is 0. The van der Waals surface area contributed by atoms with E-state index in [-0.39, 0.29) is 5.60 Å². The van der Waals surface area contributed by atoms with Crippen molar-refractivity contribution in [1.82, 2.24) is 0 Å². The highest BCUT2D eigenvalue weighted by atomic mass is 28.3. The third-order valence-electron chi connectivity index (χ3n) is 2.89. The summed E-state index contributed by atoms with van der Waals surface area (Å²) < 4.78 is 11.5. The van der Waals surface area contributed by atoms with E-state index in [9.17, 15) is 0 Å². The lowest BCUT2D eigenvalue weighted by Gasteiger charge is -2.41. The zero-order valence-corrected chi connectivity index (χ0v) is 12.5. The van der Waals surface area contributed by atoms with E-state index in [0.717, 1.165) is 19.8 Å². The predicted molar refractivity (Wildman–Crippen MR) is 69.3 cm³/mol. The van der Waals surface area contributed by atoms with E-state index >= 15 is 0 Å². The van der Waals surface area contributed by atoms with Gasteiger partial charge in [-0.3, -0.25) is 0 Å². The van der Waals surface area contributed by atoms with Crippen molar-refractivity contribution in [3.05, 3.63) is 0 Å². The van der Waals surface area contributed by atoms with Gasteiger partial charge in [-0.1, -0.05) is 19.6 Å². The molecule has 3 heteroatoms. The fourth-order valence-corrected chi connectivity index (χ4v) is 4.99. The third kappa shape index (κ3) is 5.14. The number of ether oxygens (including phenoxy) is 2. The molecule has 0 bridgehead atoms. The molecule has 92 valence electrons. The molecule has 1 atom stereocenters. The SMILES string of the molecule is CCOCC(C(C)(C)OCC)[Si](C)(C)C. The molecule has 15 heavy (non-hydrogen) atoms. The van der Waals surface area contributed by atoms with Crippen LogP contribution < -0.4 is 0 Å². The van der Waals surface area contributed by atoms with Crippen LogP contribution in [0, 0.1) is 0 Å². The van der Waals surface area contributed by atoms with Crippen molar-refractivity contribution in [1.29, 1.82) is 0 Å². The van der Waals surface area contributed by atoms with Gasteiger partial charge in [0.25, 0.3) is 0 Å². The van der Waals surface area contributed by atoms with Crippen molar-refractivity contribution >= 4 is 8.07 Å². The van der Waals surface area contributed by atoms with Crippen molar-refractivity contribution in [2.75, 3.05) is 19.8 Å². The lowest BCUT2D eigenvalue weighted by molar-refractivity contribution is -0.0352. The van der Waals surface area contributed by atoms with E-state index in [0.29, 0.717) is 5.54 Å². The molecule has 0 aromatic carbocycles. The number of hydrogen-bond donors (Lipinski definition) is 0.